The Labute approximate surface area is 126 Å². The van der Waals surface area contributed by atoms with Crippen LogP contribution in [0.3, 0.4) is 0 Å². The van der Waals surface area contributed by atoms with Crippen LogP contribution in [-0.4, -0.2) is 37.5 Å². The molecule has 0 amide bonds. The molecule has 0 N–H and O–H groups in total. The van der Waals surface area contributed by atoms with Crippen LogP contribution in [0.4, 0.5) is 0 Å². The summed E-state index contributed by atoms with van der Waals surface area (Å²) in [6.07, 6.45) is -0.121. The third kappa shape index (κ3) is 4.03. The average molecular weight is 308 g/mol. The van der Waals surface area contributed by atoms with Crippen molar-refractivity contribution in [3.63, 3.8) is 0 Å². The van der Waals surface area contributed by atoms with Crippen LogP contribution < -0.4 is 0 Å². The molecule has 1 aromatic carbocycles. The highest BCUT2D eigenvalue weighted by Gasteiger charge is 2.37. The number of morpholine rings is 1. The van der Waals surface area contributed by atoms with Crippen molar-refractivity contribution in [3.8, 4) is 6.07 Å². The molecule has 1 atom stereocenters. The van der Waals surface area contributed by atoms with Gasteiger partial charge in [0.25, 0.3) is 0 Å². The summed E-state index contributed by atoms with van der Waals surface area (Å²) >= 11 is 0. The largest absolute Gasteiger partial charge is 0.370 e. The molecule has 1 unspecified atom stereocenters. The van der Waals surface area contributed by atoms with E-state index in [-0.39, 0.29) is 11.9 Å². The second-order valence-electron chi connectivity index (χ2n) is 6.05. The summed E-state index contributed by atoms with van der Waals surface area (Å²) in [7, 11) is -3.39. The molecule has 1 saturated heterocycles. The van der Waals surface area contributed by atoms with Gasteiger partial charge in [0.1, 0.15) is 0 Å². The number of ether oxygens (including phenoxy) is 1. The normalized spacial score (nSPS) is 22.7. The lowest BCUT2D eigenvalue weighted by molar-refractivity contribution is -0.109. The summed E-state index contributed by atoms with van der Waals surface area (Å²) in [5.74, 6) is -0.0541. The molecule has 1 aromatic rings. The van der Waals surface area contributed by atoms with Gasteiger partial charge in [-0.2, -0.15) is 9.57 Å². The molecule has 5 nitrogen and oxygen atoms in total. The third-order valence-corrected chi connectivity index (χ3v) is 5.13. The Morgan fingerprint density at radius 2 is 2.00 bits per heavy atom. The second kappa shape index (κ2) is 5.76. The number of rotatable bonds is 3. The molecule has 114 valence electrons. The van der Waals surface area contributed by atoms with Gasteiger partial charge >= 0.3 is 0 Å². The highest BCUT2D eigenvalue weighted by atomic mass is 32.2. The number of hydrogen-bond acceptors (Lipinski definition) is 4. The van der Waals surface area contributed by atoms with E-state index in [0.717, 1.165) is 0 Å². The summed E-state index contributed by atoms with van der Waals surface area (Å²) < 4.78 is 32.3. The SMILES string of the molecule is CC1CN(S(=O)(=O)Cc2ccc(C#N)cc2)CC(C)(C)O1. The fraction of sp³-hybridized carbons (Fsp3) is 0.533. The fourth-order valence-electron chi connectivity index (χ4n) is 2.58. The third-order valence-electron chi connectivity index (χ3n) is 3.36. The molecule has 0 spiro atoms. The van der Waals surface area contributed by atoms with E-state index >= 15 is 0 Å². The van der Waals surface area contributed by atoms with Crippen molar-refractivity contribution in [3.05, 3.63) is 35.4 Å². The van der Waals surface area contributed by atoms with Crippen LogP contribution in [0.25, 0.3) is 0 Å². The first-order valence-electron chi connectivity index (χ1n) is 6.86. The first-order valence-corrected chi connectivity index (χ1v) is 8.47. The molecule has 1 aliphatic heterocycles. The van der Waals surface area contributed by atoms with E-state index in [2.05, 4.69) is 0 Å². The van der Waals surface area contributed by atoms with Gasteiger partial charge in [-0.1, -0.05) is 12.1 Å². The Morgan fingerprint density at radius 1 is 1.38 bits per heavy atom. The summed E-state index contributed by atoms with van der Waals surface area (Å²) in [6, 6.07) is 8.66. The van der Waals surface area contributed by atoms with E-state index in [0.29, 0.717) is 24.2 Å². The van der Waals surface area contributed by atoms with Crippen molar-refractivity contribution < 1.29 is 13.2 Å². The molecule has 1 heterocycles. The number of nitriles is 1. The van der Waals surface area contributed by atoms with E-state index in [1.165, 1.54) is 4.31 Å². The highest BCUT2D eigenvalue weighted by Crippen LogP contribution is 2.24. The Kier molecular flexibility index (Phi) is 4.38. The molecule has 1 aliphatic rings. The van der Waals surface area contributed by atoms with Gasteiger partial charge in [0.2, 0.25) is 10.0 Å². The maximum Gasteiger partial charge on any atom is 0.218 e. The Morgan fingerprint density at radius 3 is 2.52 bits per heavy atom. The summed E-state index contributed by atoms with van der Waals surface area (Å²) in [5.41, 5.74) is 0.735. The zero-order valence-corrected chi connectivity index (χ0v) is 13.4. The zero-order valence-electron chi connectivity index (χ0n) is 12.5. The lowest BCUT2D eigenvalue weighted by atomic mass is 10.1. The maximum atomic E-state index is 12.5. The molecule has 0 aliphatic carbocycles. The van der Waals surface area contributed by atoms with Crippen molar-refractivity contribution in [1.82, 2.24) is 4.31 Å². The van der Waals surface area contributed by atoms with Crippen LogP contribution in [0.2, 0.25) is 0 Å². The minimum atomic E-state index is -3.39. The average Bonchev–Trinajstić information content (AvgIpc) is 2.37. The lowest BCUT2D eigenvalue weighted by Gasteiger charge is -2.40. The zero-order chi connectivity index (χ0) is 15.7. The van der Waals surface area contributed by atoms with Crippen LogP contribution in [0.1, 0.15) is 31.9 Å². The van der Waals surface area contributed by atoms with Crippen LogP contribution in [0.5, 0.6) is 0 Å². The fourth-order valence-corrected chi connectivity index (χ4v) is 4.33. The first-order chi connectivity index (χ1) is 9.72. The van der Waals surface area contributed by atoms with Gasteiger partial charge in [-0.25, -0.2) is 8.42 Å². The van der Waals surface area contributed by atoms with Gasteiger partial charge in [0.05, 0.1) is 29.1 Å². The van der Waals surface area contributed by atoms with Crippen molar-refractivity contribution in [2.75, 3.05) is 13.1 Å². The quantitative estimate of drug-likeness (QED) is 0.855. The van der Waals surface area contributed by atoms with Crippen molar-refractivity contribution in [1.29, 1.82) is 5.26 Å². The smallest absolute Gasteiger partial charge is 0.218 e. The Hall–Kier alpha value is -1.42. The van der Waals surface area contributed by atoms with Crippen molar-refractivity contribution in [2.24, 2.45) is 0 Å². The van der Waals surface area contributed by atoms with Gasteiger partial charge < -0.3 is 4.74 Å². The number of sulfonamides is 1. The molecule has 2 rings (SSSR count). The van der Waals surface area contributed by atoms with E-state index < -0.39 is 15.6 Å². The molecular formula is C15H20N2O3S. The number of hydrogen-bond donors (Lipinski definition) is 0. The minimum Gasteiger partial charge on any atom is -0.370 e. The van der Waals surface area contributed by atoms with Crippen molar-refractivity contribution in [2.45, 2.75) is 38.2 Å². The first kappa shape index (κ1) is 16.0. The standard InChI is InChI=1S/C15H20N2O3S/c1-12-9-17(11-15(2,3)20-12)21(18,19)10-14-6-4-13(8-16)5-7-14/h4-7,12H,9-11H2,1-3H3. The Balaban J connectivity index is 2.15. The van der Waals surface area contributed by atoms with Crippen LogP contribution in [0.15, 0.2) is 24.3 Å². The van der Waals surface area contributed by atoms with E-state index in [1.54, 1.807) is 24.3 Å². The molecule has 1 fully saturated rings. The van der Waals surface area contributed by atoms with Crippen LogP contribution in [0, 0.1) is 11.3 Å². The van der Waals surface area contributed by atoms with Gasteiger partial charge in [-0.05, 0) is 38.5 Å². The van der Waals surface area contributed by atoms with Crippen molar-refractivity contribution >= 4 is 10.0 Å². The molecule has 0 bridgehead atoms. The predicted molar refractivity (Wildman–Crippen MR) is 80.0 cm³/mol. The summed E-state index contributed by atoms with van der Waals surface area (Å²) in [4.78, 5) is 0. The predicted octanol–water partition coefficient (Wildman–Crippen LogP) is 1.89. The number of benzene rings is 1. The van der Waals surface area contributed by atoms with E-state index in [9.17, 15) is 8.42 Å². The van der Waals surface area contributed by atoms with Gasteiger partial charge in [0, 0.05) is 13.1 Å². The van der Waals surface area contributed by atoms with Gasteiger partial charge in [0.15, 0.2) is 0 Å². The number of nitrogens with zero attached hydrogens (tertiary/aromatic N) is 2. The van der Waals surface area contributed by atoms with Crippen LogP contribution >= 0.6 is 0 Å². The van der Waals surface area contributed by atoms with Crippen LogP contribution in [-0.2, 0) is 20.5 Å². The maximum absolute atomic E-state index is 12.5. The minimum absolute atomic E-state index is 0.0541. The summed E-state index contributed by atoms with van der Waals surface area (Å²) in [6.45, 7) is 6.41. The van der Waals surface area contributed by atoms with E-state index in [1.807, 2.05) is 26.8 Å². The highest BCUT2D eigenvalue weighted by molar-refractivity contribution is 7.88. The molecule has 6 heteroatoms. The molecule has 21 heavy (non-hydrogen) atoms. The molecular weight excluding hydrogens is 288 g/mol. The summed E-state index contributed by atoms with van der Waals surface area (Å²) in [5, 5.41) is 8.76. The van der Waals surface area contributed by atoms with E-state index in [4.69, 9.17) is 10.00 Å². The molecule has 0 radical (unpaired) electrons. The lowest BCUT2D eigenvalue weighted by Crippen LogP contribution is -2.53. The monoisotopic (exact) mass is 308 g/mol. The molecule has 0 aromatic heterocycles. The second-order valence-corrected chi connectivity index (χ2v) is 8.01. The topological polar surface area (TPSA) is 70.4 Å². The van der Waals surface area contributed by atoms with Gasteiger partial charge in [-0.3, -0.25) is 0 Å². The Bertz CT molecular complexity index is 644. The van der Waals surface area contributed by atoms with Gasteiger partial charge in [-0.15, -0.1) is 0 Å². The molecule has 0 saturated carbocycles.